The van der Waals surface area contributed by atoms with Gasteiger partial charge < -0.3 is 10.6 Å². The first kappa shape index (κ1) is 17.2. The van der Waals surface area contributed by atoms with Crippen molar-refractivity contribution in [3.8, 4) is 0 Å². The molecule has 1 aromatic carbocycles. The molecule has 2 fully saturated rings. The highest BCUT2D eigenvalue weighted by atomic mass is 19.1. The number of nitrogens with one attached hydrogen (secondary N) is 2. The molecule has 0 spiro atoms. The van der Waals surface area contributed by atoms with Gasteiger partial charge in [0.1, 0.15) is 5.82 Å². The van der Waals surface area contributed by atoms with Crippen molar-refractivity contribution in [2.24, 2.45) is 4.99 Å². The molecule has 132 valence electrons. The molecule has 1 aliphatic heterocycles. The molecule has 1 aromatic rings. The number of likely N-dealkylation sites (tertiary alicyclic amines) is 1. The van der Waals surface area contributed by atoms with Gasteiger partial charge in [0, 0.05) is 38.8 Å². The van der Waals surface area contributed by atoms with E-state index in [0.717, 1.165) is 24.1 Å². The predicted molar refractivity (Wildman–Crippen MR) is 96.8 cm³/mol. The van der Waals surface area contributed by atoms with Gasteiger partial charge in [-0.25, -0.2) is 4.39 Å². The summed E-state index contributed by atoms with van der Waals surface area (Å²) < 4.78 is 13.6. The van der Waals surface area contributed by atoms with Gasteiger partial charge in [-0.1, -0.05) is 31.0 Å². The van der Waals surface area contributed by atoms with Crippen molar-refractivity contribution in [2.75, 3.05) is 26.7 Å². The quantitative estimate of drug-likeness (QED) is 0.643. The number of halogens is 1. The zero-order valence-electron chi connectivity index (χ0n) is 14.6. The second-order valence-electron chi connectivity index (χ2n) is 6.90. The van der Waals surface area contributed by atoms with Crippen LogP contribution in [0.4, 0.5) is 4.39 Å². The average molecular weight is 332 g/mol. The molecule has 1 atom stereocenters. The lowest BCUT2D eigenvalue weighted by Crippen LogP contribution is -2.45. The van der Waals surface area contributed by atoms with Crippen molar-refractivity contribution in [3.63, 3.8) is 0 Å². The van der Waals surface area contributed by atoms with Crippen molar-refractivity contribution >= 4 is 5.96 Å². The highest BCUT2D eigenvalue weighted by molar-refractivity contribution is 5.80. The Labute approximate surface area is 144 Å². The minimum absolute atomic E-state index is 0.134. The molecule has 1 saturated heterocycles. The molecule has 2 N–H and O–H groups in total. The third-order valence-corrected chi connectivity index (χ3v) is 5.27. The number of benzene rings is 1. The van der Waals surface area contributed by atoms with Crippen LogP contribution in [0.5, 0.6) is 0 Å². The van der Waals surface area contributed by atoms with Gasteiger partial charge in [-0.3, -0.25) is 9.89 Å². The third-order valence-electron chi connectivity index (χ3n) is 5.27. The maximum Gasteiger partial charge on any atom is 0.191 e. The van der Waals surface area contributed by atoms with Crippen LogP contribution in [0.15, 0.2) is 29.3 Å². The number of aliphatic imine (C=N–C) groups is 1. The van der Waals surface area contributed by atoms with Gasteiger partial charge in [-0.05, 0) is 37.3 Å². The molecular weight excluding hydrogens is 303 g/mol. The van der Waals surface area contributed by atoms with E-state index in [4.69, 9.17) is 0 Å². The van der Waals surface area contributed by atoms with E-state index in [2.05, 4.69) is 20.5 Å². The number of guanidine groups is 1. The van der Waals surface area contributed by atoms with Gasteiger partial charge in [0.15, 0.2) is 5.96 Å². The van der Waals surface area contributed by atoms with Crippen molar-refractivity contribution in [1.82, 2.24) is 15.5 Å². The molecule has 0 amide bonds. The molecule has 5 heteroatoms. The van der Waals surface area contributed by atoms with E-state index >= 15 is 0 Å². The second-order valence-corrected chi connectivity index (χ2v) is 6.90. The van der Waals surface area contributed by atoms with E-state index in [1.54, 1.807) is 13.1 Å². The van der Waals surface area contributed by atoms with E-state index in [0.29, 0.717) is 19.0 Å². The number of hydrogen-bond acceptors (Lipinski definition) is 2. The smallest absolute Gasteiger partial charge is 0.191 e. The Morgan fingerprint density at radius 2 is 2.04 bits per heavy atom. The Bertz CT molecular complexity index is 554. The van der Waals surface area contributed by atoms with Gasteiger partial charge in [-0.2, -0.15) is 0 Å². The lowest BCUT2D eigenvalue weighted by molar-refractivity contribution is 0.242. The molecule has 1 aliphatic carbocycles. The molecule has 0 radical (unpaired) electrons. The maximum absolute atomic E-state index is 13.6. The summed E-state index contributed by atoms with van der Waals surface area (Å²) in [5, 5.41) is 6.83. The summed E-state index contributed by atoms with van der Waals surface area (Å²) in [5.74, 6) is 0.690. The van der Waals surface area contributed by atoms with Crippen LogP contribution in [0.25, 0.3) is 0 Å². The molecule has 1 heterocycles. The summed E-state index contributed by atoms with van der Waals surface area (Å²) in [6.07, 6.45) is 7.33. The average Bonchev–Trinajstić information content (AvgIpc) is 3.26. The maximum atomic E-state index is 13.6. The van der Waals surface area contributed by atoms with E-state index < -0.39 is 0 Å². The summed E-state index contributed by atoms with van der Waals surface area (Å²) in [4.78, 5) is 6.95. The highest BCUT2D eigenvalue weighted by Crippen LogP contribution is 2.26. The third kappa shape index (κ3) is 4.47. The number of rotatable bonds is 5. The Hall–Kier alpha value is -1.62. The molecule has 2 aliphatic rings. The Kier molecular flexibility index (Phi) is 6.07. The summed E-state index contributed by atoms with van der Waals surface area (Å²) in [7, 11) is 1.79. The lowest BCUT2D eigenvalue weighted by Gasteiger charge is -2.24. The zero-order valence-corrected chi connectivity index (χ0v) is 14.6. The SMILES string of the molecule is CN=C(NCCc1ccccc1F)NC1CCN(C2CCCC2)C1. The van der Waals surface area contributed by atoms with E-state index in [1.165, 1.54) is 44.7 Å². The molecule has 3 rings (SSSR count). The van der Waals surface area contributed by atoms with Gasteiger partial charge in [0.05, 0.1) is 0 Å². The zero-order chi connectivity index (χ0) is 16.8. The van der Waals surface area contributed by atoms with Crippen LogP contribution in [0, 0.1) is 5.82 Å². The molecule has 4 nitrogen and oxygen atoms in total. The van der Waals surface area contributed by atoms with Crippen LogP contribution in [-0.4, -0.2) is 49.6 Å². The summed E-state index contributed by atoms with van der Waals surface area (Å²) in [6, 6.07) is 8.21. The van der Waals surface area contributed by atoms with E-state index in [9.17, 15) is 4.39 Å². The number of hydrogen-bond donors (Lipinski definition) is 2. The minimum atomic E-state index is -0.134. The summed E-state index contributed by atoms with van der Waals surface area (Å²) in [6.45, 7) is 2.98. The fraction of sp³-hybridized carbons (Fsp3) is 0.632. The lowest BCUT2D eigenvalue weighted by atomic mass is 10.1. The first-order valence-electron chi connectivity index (χ1n) is 9.21. The topological polar surface area (TPSA) is 39.7 Å². The summed E-state index contributed by atoms with van der Waals surface area (Å²) in [5.41, 5.74) is 0.744. The van der Waals surface area contributed by atoms with E-state index in [-0.39, 0.29) is 5.82 Å². The van der Waals surface area contributed by atoms with Crippen LogP contribution in [-0.2, 0) is 6.42 Å². The monoisotopic (exact) mass is 332 g/mol. The van der Waals surface area contributed by atoms with Crippen LogP contribution >= 0.6 is 0 Å². The normalized spacial score (nSPS) is 22.9. The first-order chi connectivity index (χ1) is 11.8. The van der Waals surface area contributed by atoms with Crippen molar-refractivity contribution in [3.05, 3.63) is 35.6 Å². The largest absolute Gasteiger partial charge is 0.356 e. The van der Waals surface area contributed by atoms with Crippen molar-refractivity contribution in [2.45, 2.75) is 50.6 Å². The Balaban J connectivity index is 1.41. The first-order valence-corrected chi connectivity index (χ1v) is 9.21. The summed E-state index contributed by atoms with van der Waals surface area (Å²) >= 11 is 0. The predicted octanol–water partition coefficient (Wildman–Crippen LogP) is 2.55. The van der Waals surface area contributed by atoms with Crippen molar-refractivity contribution < 1.29 is 4.39 Å². The molecule has 1 unspecified atom stereocenters. The van der Waals surface area contributed by atoms with Crippen LogP contribution in [0.1, 0.15) is 37.7 Å². The fourth-order valence-corrected chi connectivity index (χ4v) is 3.91. The van der Waals surface area contributed by atoms with Gasteiger partial charge in [0.2, 0.25) is 0 Å². The standard InChI is InChI=1S/C19H29FN4/c1-21-19(22-12-10-15-6-2-5-9-18(15)20)23-16-11-13-24(14-16)17-7-3-4-8-17/h2,5-6,9,16-17H,3-4,7-8,10-14H2,1H3,(H2,21,22,23). The van der Waals surface area contributed by atoms with Crippen LogP contribution in [0.3, 0.4) is 0 Å². The minimum Gasteiger partial charge on any atom is -0.356 e. The highest BCUT2D eigenvalue weighted by Gasteiger charge is 2.30. The Morgan fingerprint density at radius 3 is 2.79 bits per heavy atom. The molecule has 24 heavy (non-hydrogen) atoms. The van der Waals surface area contributed by atoms with Crippen LogP contribution < -0.4 is 10.6 Å². The van der Waals surface area contributed by atoms with E-state index in [1.807, 2.05) is 12.1 Å². The van der Waals surface area contributed by atoms with Gasteiger partial charge in [0.25, 0.3) is 0 Å². The fourth-order valence-electron chi connectivity index (χ4n) is 3.91. The molecular formula is C19H29FN4. The van der Waals surface area contributed by atoms with Gasteiger partial charge in [-0.15, -0.1) is 0 Å². The van der Waals surface area contributed by atoms with Crippen LogP contribution in [0.2, 0.25) is 0 Å². The number of nitrogens with zero attached hydrogens (tertiary/aromatic N) is 2. The second kappa shape index (κ2) is 8.47. The van der Waals surface area contributed by atoms with Crippen molar-refractivity contribution in [1.29, 1.82) is 0 Å². The Morgan fingerprint density at radius 1 is 1.25 bits per heavy atom. The molecule has 1 saturated carbocycles. The molecule has 0 aromatic heterocycles. The van der Waals surface area contributed by atoms with Gasteiger partial charge >= 0.3 is 0 Å². The molecule has 0 bridgehead atoms.